The Morgan fingerprint density at radius 1 is 0.800 bits per heavy atom. The molecular formula is C28H34N4O3. The van der Waals surface area contributed by atoms with Crippen molar-refractivity contribution >= 4 is 34.6 Å². The van der Waals surface area contributed by atoms with Crippen LogP contribution in [0.1, 0.15) is 75.5 Å². The Kier molecular flexibility index (Phi) is 7.98. The van der Waals surface area contributed by atoms with Crippen LogP contribution in [0.5, 0.6) is 0 Å². The van der Waals surface area contributed by atoms with Gasteiger partial charge in [-0.3, -0.25) is 9.80 Å². The van der Waals surface area contributed by atoms with Gasteiger partial charge in [0.05, 0.1) is 23.6 Å². The molecule has 2 heterocycles. The number of hydrogen-bond donors (Lipinski definition) is 2. The number of unbranched alkanes of at least 4 members (excludes halogenated alkanes) is 2. The van der Waals surface area contributed by atoms with Gasteiger partial charge in [0, 0.05) is 36.9 Å². The van der Waals surface area contributed by atoms with Crippen molar-refractivity contribution in [2.24, 2.45) is 0 Å². The molecule has 0 radical (unpaired) electrons. The van der Waals surface area contributed by atoms with Crippen molar-refractivity contribution < 1.29 is 14.4 Å². The zero-order valence-electron chi connectivity index (χ0n) is 20.6. The van der Waals surface area contributed by atoms with E-state index in [1.807, 2.05) is 35.2 Å². The number of benzene rings is 2. The lowest BCUT2D eigenvalue weighted by molar-refractivity contribution is -0.120. The molecule has 0 saturated carbocycles. The van der Waals surface area contributed by atoms with Gasteiger partial charge in [0.25, 0.3) is 0 Å². The SMILES string of the molecule is CC(=O)CCCCC(=O)N1Cc2ccccc2C2=C(c3ccccc31)N(CCCCC(C)=O)NN2. The zero-order chi connectivity index (χ0) is 24.8. The lowest BCUT2D eigenvalue weighted by Gasteiger charge is -2.31. The molecule has 0 saturated heterocycles. The number of ketones is 2. The first-order chi connectivity index (χ1) is 17.0. The second-order valence-electron chi connectivity index (χ2n) is 9.33. The average Bonchev–Trinajstić information content (AvgIpc) is 3.25. The molecule has 0 aliphatic carbocycles. The zero-order valence-corrected chi connectivity index (χ0v) is 20.6. The fourth-order valence-electron chi connectivity index (χ4n) is 4.73. The Morgan fingerprint density at radius 3 is 2.17 bits per heavy atom. The number of hydrazine groups is 2. The van der Waals surface area contributed by atoms with E-state index < -0.39 is 0 Å². The van der Waals surface area contributed by atoms with Crippen molar-refractivity contribution in [3.05, 3.63) is 65.2 Å². The van der Waals surface area contributed by atoms with E-state index in [0.717, 1.165) is 59.6 Å². The van der Waals surface area contributed by atoms with Crippen LogP contribution in [0.4, 0.5) is 5.69 Å². The molecule has 184 valence electrons. The molecule has 0 fully saturated rings. The second-order valence-corrected chi connectivity index (χ2v) is 9.33. The molecule has 0 aromatic heterocycles. The van der Waals surface area contributed by atoms with Crippen molar-refractivity contribution in [3.8, 4) is 0 Å². The molecule has 7 nitrogen and oxygen atoms in total. The summed E-state index contributed by atoms with van der Waals surface area (Å²) in [6.45, 7) is 4.43. The van der Waals surface area contributed by atoms with Crippen LogP contribution in [-0.2, 0) is 20.9 Å². The van der Waals surface area contributed by atoms with Crippen LogP contribution >= 0.6 is 0 Å². The van der Waals surface area contributed by atoms with Gasteiger partial charge < -0.3 is 19.9 Å². The van der Waals surface area contributed by atoms with E-state index >= 15 is 0 Å². The maximum Gasteiger partial charge on any atom is 0.227 e. The summed E-state index contributed by atoms with van der Waals surface area (Å²) >= 11 is 0. The summed E-state index contributed by atoms with van der Waals surface area (Å²) in [6, 6.07) is 16.2. The Balaban J connectivity index is 1.68. The number of fused-ring (bicyclic) bond motifs is 4. The summed E-state index contributed by atoms with van der Waals surface area (Å²) < 4.78 is 0. The Morgan fingerprint density at radius 2 is 1.43 bits per heavy atom. The minimum atomic E-state index is 0.0618. The maximum atomic E-state index is 13.5. The van der Waals surface area contributed by atoms with Gasteiger partial charge in [-0.2, -0.15) is 0 Å². The van der Waals surface area contributed by atoms with E-state index in [1.165, 1.54) is 0 Å². The van der Waals surface area contributed by atoms with E-state index in [4.69, 9.17) is 0 Å². The lowest BCUT2D eigenvalue weighted by Crippen LogP contribution is -2.38. The van der Waals surface area contributed by atoms with Gasteiger partial charge in [0.15, 0.2) is 0 Å². The quantitative estimate of drug-likeness (QED) is 0.490. The van der Waals surface area contributed by atoms with E-state index in [9.17, 15) is 14.4 Å². The van der Waals surface area contributed by atoms with Gasteiger partial charge in [-0.05, 0) is 51.2 Å². The van der Waals surface area contributed by atoms with Gasteiger partial charge in [0.2, 0.25) is 5.91 Å². The molecule has 0 unspecified atom stereocenters. The Bertz CT molecular complexity index is 1140. The molecule has 0 bridgehead atoms. The van der Waals surface area contributed by atoms with E-state index in [-0.39, 0.29) is 17.5 Å². The molecule has 0 spiro atoms. The summed E-state index contributed by atoms with van der Waals surface area (Å²) in [5.41, 5.74) is 12.7. The van der Waals surface area contributed by atoms with Crippen LogP contribution in [0.3, 0.4) is 0 Å². The second kappa shape index (κ2) is 11.3. The number of nitrogens with zero attached hydrogens (tertiary/aromatic N) is 2. The number of carbonyl (C=O) groups is 3. The first-order valence-electron chi connectivity index (χ1n) is 12.5. The van der Waals surface area contributed by atoms with Crippen LogP contribution in [0, 0.1) is 0 Å². The van der Waals surface area contributed by atoms with Crippen LogP contribution in [0.15, 0.2) is 48.5 Å². The summed E-state index contributed by atoms with van der Waals surface area (Å²) in [4.78, 5) is 38.0. The molecule has 4 rings (SSSR count). The van der Waals surface area contributed by atoms with Crippen molar-refractivity contribution in [1.29, 1.82) is 0 Å². The summed E-state index contributed by atoms with van der Waals surface area (Å²) in [6.07, 6.45) is 4.62. The normalized spacial score (nSPS) is 14.5. The van der Waals surface area contributed by atoms with Crippen LogP contribution in [-0.4, -0.2) is 29.0 Å². The predicted octanol–water partition coefficient (Wildman–Crippen LogP) is 4.59. The Labute approximate surface area is 207 Å². The van der Waals surface area contributed by atoms with Gasteiger partial charge in [-0.15, -0.1) is 5.53 Å². The highest BCUT2D eigenvalue weighted by molar-refractivity contribution is 6.01. The third kappa shape index (κ3) is 5.80. The fourth-order valence-corrected chi connectivity index (χ4v) is 4.73. The molecular weight excluding hydrogens is 440 g/mol. The van der Waals surface area contributed by atoms with Gasteiger partial charge >= 0.3 is 0 Å². The first-order valence-corrected chi connectivity index (χ1v) is 12.5. The Hall–Kier alpha value is -3.45. The minimum absolute atomic E-state index is 0.0618. The minimum Gasteiger partial charge on any atom is -0.307 e. The maximum absolute atomic E-state index is 13.5. The monoisotopic (exact) mass is 474 g/mol. The van der Waals surface area contributed by atoms with E-state index in [0.29, 0.717) is 32.2 Å². The molecule has 7 heteroatoms. The summed E-state index contributed by atoms with van der Waals surface area (Å²) in [5.74, 6) is 0.430. The van der Waals surface area contributed by atoms with Crippen LogP contribution in [0.2, 0.25) is 0 Å². The average molecular weight is 475 g/mol. The van der Waals surface area contributed by atoms with Gasteiger partial charge in [-0.25, -0.2) is 0 Å². The number of para-hydroxylation sites is 1. The number of rotatable bonds is 10. The topological polar surface area (TPSA) is 81.8 Å². The molecule has 2 aromatic carbocycles. The molecule has 2 N–H and O–H groups in total. The number of carbonyl (C=O) groups excluding carboxylic acids is 3. The number of anilines is 1. The van der Waals surface area contributed by atoms with E-state index in [1.54, 1.807) is 13.8 Å². The molecule has 2 aromatic rings. The van der Waals surface area contributed by atoms with E-state index in [2.05, 4.69) is 34.2 Å². The third-order valence-corrected chi connectivity index (χ3v) is 6.52. The predicted molar refractivity (Wildman–Crippen MR) is 138 cm³/mol. The van der Waals surface area contributed by atoms with Crippen LogP contribution in [0.25, 0.3) is 11.4 Å². The molecule has 1 amide bonds. The summed E-state index contributed by atoms with van der Waals surface area (Å²) in [7, 11) is 0. The highest BCUT2D eigenvalue weighted by atomic mass is 16.2. The van der Waals surface area contributed by atoms with Crippen molar-refractivity contribution in [3.63, 3.8) is 0 Å². The van der Waals surface area contributed by atoms with Crippen LogP contribution < -0.4 is 15.9 Å². The third-order valence-electron chi connectivity index (χ3n) is 6.52. The summed E-state index contributed by atoms with van der Waals surface area (Å²) in [5, 5.41) is 2.09. The number of amides is 1. The highest BCUT2D eigenvalue weighted by Crippen LogP contribution is 2.40. The first kappa shape index (κ1) is 24.7. The fraction of sp³-hybridized carbons (Fsp3) is 0.393. The molecule has 0 atom stereocenters. The lowest BCUT2D eigenvalue weighted by atomic mass is 9.95. The highest BCUT2D eigenvalue weighted by Gasteiger charge is 2.32. The number of hydrogen-bond acceptors (Lipinski definition) is 6. The molecule has 2 aliphatic rings. The standard InChI is InChI=1S/C28H34N4O3/c1-20(33)11-3-8-17-26(35)31-19-22-13-4-5-14-23(22)27-28(24-15-6-7-16-25(24)31)32(30-29-27)18-10-9-12-21(2)34/h4-7,13-16,29-30H,3,8-12,17-19H2,1-2H3. The van der Waals surface area contributed by atoms with Gasteiger partial charge in [0.1, 0.15) is 11.6 Å². The van der Waals surface area contributed by atoms with Crippen molar-refractivity contribution in [1.82, 2.24) is 16.0 Å². The molecule has 2 aliphatic heterocycles. The number of Topliss-reactive ketones (excluding diaryl/α,β-unsaturated/α-hetero) is 2. The number of nitrogens with one attached hydrogen (secondary N) is 2. The van der Waals surface area contributed by atoms with Gasteiger partial charge in [-0.1, -0.05) is 42.5 Å². The van der Waals surface area contributed by atoms with Crippen molar-refractivity contribution in [2.75, 3.05) is 11.4 Å². The largest absolute Gasteiger partial charge is 0.307 e. The van der Waals surface area contributed by atoms with Crippen molar-refractivity contribution in [2.45, 2.75) is 65.3 Å². The smallest absolute Gasteiger partial charge is 0.227 e. The molecule has 35 heavy (non-hydrogen) atoms.